The molecule has 4 heteroatoms. The highest BCUT2D eigenvalue weighted by Crippen LogP contribution is 2.36. The first-order valence-electron chi connectivity index (χ1n) is 8.06. The lowest BCUT2D eigenvalue weighted by Crippen LogP contribution is -2.41. The van der Waals surface area contributed by atoms with Crippen molar-refractivity contribution >= 4 is 5.84 Å². The highest BCUT2D eigenvalue weighted by atomic mass is 16.4. The Hall–Kier alpha value is -1.55. The van der Waals surface area contributed by atoms with Crippen LogP contribution in [0.5, 0.6) is 0 Å². The van der Waals surface area contributed by atoms with Gasteiger partial charge in [-0.1, -0.05) is 48.7 Å². The van der Waals surface area contributed by atoms with Crippen LogP contribution in [-0.2, 0) is 6.54 Å². The maximum Gasteiger partial charge on any atom is 0.170 e. The second kappa shape index (κ2) is 6.48. The fourth-order valence-corrected chi connectivity index (χ4v) is 4.02. The quantitative estimate of drug-likeness (QED) is 0.389. The Morgan fingerprint density at radius 2 is 1.95 bits per heavy atom. The molecule has 0 bridgehead atoms. The number of hydrogen-bond donors (Lipinski definition) is 2. The van der Waals surface area contributed by atoms with E-state index in [0.29, 0.717) is 0 Å². The van der Waals surface area contributed by atoms with E-state index >= 15 is 0 Å². The minimum atomic E-state index is 0.207. The van der Waals surface area contributed by atoms with Gasteiger partial charge in [0.05, 0.1) is 0 Å². The van der Waals surface area contributed by atoms with Crippen molar-refractivity contribution in [1.82, 2.24) is 4.90 Å². The molecule has 1 aromatic carbocycles. The molecule has 1 saturated carbocycles. The fourth-order valence-electron chi connectivity index (χ4n) is 4.02. The van der Waals surface area contributed by atoms with Gasteiger partial charge in [0, 0.05) is 18.7 Å². The van der Waals surface area contributed by atoms with Gasteiger partial charge >= 0.3 is 0 Å². The van der Waals surface area contributed by atoms with Gasteiger partial charge in [0.1, 0.15) is 0 Å². The Labute approximate surface area is 126 Å². The lowest BCUT2D eigenvalue weighted by Gasteiger charge is -2.41. The molecular formula is C17H25N3O. The molecule has 21 heavy (non-hydrogen) atoms. The largest absolute Gasteiger partial charge is 0.409 e. The lowest BCUT2D eigenvalue weighted by atomic mass is 9.75. The average molecular weight is 287 g/mol. The summed E-state index contributed by atoms with van der Waals surface area (Å²) in [5.41, 5.74) is 7.80. The molecule has 2 fully saturated rings. The number of benzene rings is 1. The molecule has 1 heterocycles. The summed E-state index contributed by atoms with van der Waals surface area (Å²) >= 11 is 0. The molecule has 1 aliphatic heterocycles. The van der Waals surface area contributed by atoms with Gasteiger partial charge in [0.2, 0.25) is 0 Å². The molecule has 2 atom stereocenters. The Morgan fingerprint density at radius 1 is 1.19 bits per heavy atom. The van der Waals surface area contributed by atoms with Crippen molar-refractivity contribution in [2.24, 2.45) is 22.7 Å². The van der Waals surface area contributed by atoms with E-state index < -0.39 is 0 Å². The third-order valence-corrected chi connectivity index (χ3v) is 5.17. The molecular weight excluding hydrogens is 262 g/mol. The van der Waals surface area contributed by atoms with E-state index in [2.05, 4.69) is 16.1 Å². The van der Waals surface area contributed by atoms with Gasteiger partial charge in [-0.25, -0.2) is 0 Å². The van der Waals surface area contributed by atoms with Gasteiger partial charge in [0.25, 0.3) is 0 Å². The summed E-state index contributed by atoms with van der Waals surface area (Å²) < 4.78 is 0. The van der Waals surface area contributed by atoms with E-state index in [1.54, 1.807) is 0 Å². The van der Waals surface area contributed by atoms with Crippen LogP contribution in [-0.4, -0.2) is 29.0 Å². The molecule has 114 valence electrons. The summed E-state index contributed by atoms with van der Waals surface area (Å²) in [6, 6.07) is 7.97. The number of rotatable bonds is 3. The minimum absolute atomic E-state index is 0.207. The molecule has 0 spiro atoms. The van der Waals surface area contributed by atoms with Crippen LogP contribution in [0.4, 0.5) is 0 Å². The third-order valence-electron chi connectivity index (χ3n) is 5.17. The number of hydrogen-bond acceptors (Lipinski definition) is 3. The fraction of sp³-hybridized carbons (Fsp3) is 0.588. The highest BCUT2D eigenvalue weighted by molar-refractivity contribution is 5.98. The van der Waals surface area contributed by atoms with Crippen LogP contribution in [0, 0.1) is 11.8 Å². The number of nitrogens with zero attached hydrogens (tertiary/aromatic N) is 2. The van der Waals surface area contributed by atoms with Crippen LogP contribution in [0.2, 0.25) is 0 Å². The van der Waals surface area contributed by atoms with E-state index in [9.17, 15) is 0 Å². The topological polar surface area (TPSA) is 61.9 Å². The molecule has 2 unspecified atom stereocenters. The second-order valence-electron chi connectivity index (χ2n) is 6.47. The van der Waals surface area contributed by atoms with Crippen LogP contribution < -0.4 is 5.73 Å². The predicted molar refractivity (Wildman–Crippen MR) is 84.3 cm³/mol. The maximum absolute atomic E-state index is 8.92. The van der Waals surface area contributed by atoms with Crippen LogP contribution in [0.1, 0.15) is 43.2 Å². The first-order chi connectivity index (χ1) is 10.3. The first kappa shape index (κ1) is 14.4. The van der Waals surface area contributed by atoms with Crippen LogP contribution >= 0.6 is 0 Å². The van der Waals surface area contributed by atoms with Gasteiger partial charge < -0.3 is 10.9 Å². The monoisotopic (exact) mass is 287 g/mol. The number of oxime groups is 1. The second-order valence-corrected chi connectivity index (χ2v) is 6.47. The van der Waals surface area contributed by atoms with Crippen molar-refractivity contribution < 1.29 is 5.21 Å². The predicted octanol–water partition coefficient (Wildman–Crippen LogP) is 2.79. The molecule has 2 aliphatic rings. The highest BCUT2D eigenvalue weighted by Gasteiger charge is 2.31. The smallest absolute Gasteiger partial charge is 0.170 e. The number of likely N-dealkylation sites (tertiary alicyclic amines) is 1. The van der Waals surface area contributed by atoms with Crippen LogP contribution in [0.3, 0.4) is 0 Å². The third kappa shape index (κ3) is 3.21. The molecule has 0 aromatic heterocycles. The van der Waals surface area contributed by atoms with E-state index in [-0.39, 0.29) is 5.84 Å². The van der Waals surface area contributed by atoms with Gasteiger partial charge in [0.15, 0.2) is 5.84 Å². The Bertz CT molecular complexity index is 515. The average Bonchev–Trinajstić information content (AvgIpc) is 2.54. The summed E-state index contributed by atoms with van der Waals surface area (Å²) in [5, 5.41) is 12.1. The lowest BCUT2D eigenvalue weighted by molar-refractivity contribution is 0.0820. The standard InChI is InChI=1S/C17H25N3O/c18-17(19-21)16-8-4-3-7-15(16)12-20-10-9-13-5-1-2-6-14(13)11-20/h3-4,7-8,13-14,21H,1-2,5-6,9-12H2,(H2,18,19). The molecule has 1 saturated heterocycles. The van der Waals surface area contributed by atoms with Crippen molar-refractivity contribution in [2.45, 2.75) is 38.6 Å². The van der Waals surface area contributed by atoms with E-state index in [0.717, 1.165) is 29.5 Å². The van der Waals surface area contributed by atoms with Crippen LogP contribution in [0.25, 0.3) is 0 Å². The van der Waals surface area contributed by atoms with E-state index in [4.69, 9.17) is 10.9 Å². The molecule has 3 rings (SSSR count). The van der Waals surface area contributed by atoms with Gasteiger partial charge in [-0.15, -0.1) is 0 Å². The van der Waals surface area contributed by atoms with Crippen molar-refractivity contribution in [3.8, 4) is 0 Å². The van der Waals surface area contributed by atoms with Crippen molar-refractivity contribution in [3.05, 3.63) is 35.4 Å². The van der Waals surface area contributed by atoms with Crippen molar-refractivity contribution in [3.63, 3.8) is 0 Å². The summed E-state index contributed by atoms with van der Waals surface area (Å²) in [6.07, 6.45) is 6.97. The zero-order valence-corrected chi connectivity index (χ0v) is 12.5. The van der Waals surface area contributed by atoms with Gasteiger partial charge in [-0.3, -0.25) is 4.90 Å². The zero-order chi connectivity index (χ0) is 14.7. The molecule has 3 N–H and O–H groups in total. The Balaban J connectivity index is 1.70. The summed E-state index contributed by atoms with van der Waals surface area (Å²) in [5.74, 6) is 2.04. The molecule has 0 radical (unpaired) electrons. The molecule has 4 nitrogen and oxygen atoms in total. The maximum atomic E-state index is 8.92. The summed E-state index contributed by atoms with van der Waals surface area (Å²) in [4.78, 5) is 2.54. The molecule has 1 aliphatic carbocycles. The summed E-state index contributed by atoms with van der Waals surface area (Å²) in [6.45, 7) is 3.27. The Kier molecular flexibility index (Phi) is 4.44. The molecule has 0 amide bonds. The number of amidine groups is 1. The van der Waals surface area contributed by atoms with Crippen molar-refractivity contribution in [1.29, 1.82) is 0 Å². The van der Waals surface area contributed by atoms with E-state index in [1.807, 2.05) is 18.2 Å². The normalized spacial score (nSPS) is 27.3. The van der Waals surface area contributed by atoms with Gasteiger partial charge in [-0.2, -0.15) is 0 Å². The molecule has 1 aromatic rings. The first-order valence-corrected chi connectivity index (χ1v) is 8.06. The minimum Gasteiger partial charge on any atom is -0.409 e. The van der Waals surface area contributed by atoms with Gasteiger partial charge in [-0.05, 0) is 36.8 Å². The number of fused-ring (bicyclic) bond motifs is 1. The summed E-state index contributed by atoms with van der Waals surface area (Å²) in [7, 11) is 0. The number of piperidine rings is 1. The SMILES string of the molecule is N/C(=N\O)c1ccccc1CN1CCC2CCCCC2C1. The van der Waals surface area contributed by atoms with Crippen LogP contribution in [0.15, 0.2) is 29.4 Å². The van der Waals surface area contributed by atoms with Crippen molar-refractivity contribution in [2.75, 3.05) is 13.1 Å². The number of nitrogens with two attached hydrogens (primary N) is 1. The Morgan fingerprint density at radius 3 is 2.76 bits per heavy atom. The zero-order valence-electron chi connectivity index (χ0n) is 12.5. The van der Waals surface area contributed by atoms with E-state index in [1.165, 1.54) is 45.2 Å².